The third kappa shape index (κ3) is 4.87. The van der Waals surface area contributed by atoms with Gasteiger partial charge in [-0.05, 0) is 19.9 Å². The lowest BCUT2D eigenvalue weighted by Gasteiger charge is -2.27. The molecule has 0 aliphatic carbocycles. The number of fused-ring (bicyclic) bond motifs is 1. The molecule has 3 rings (SSSR count). The molecule has 0 fully saturated rings. The zero-order chi connectivity index (χ0) is 23.0. The molecular weight excluding hydrogens is 422 g/mol. The molecule has 0 saturated heterocycles. The number of hydrogen-bond acceptors (Lipinski definition) is 6. The van der Waals surface area contributed by atoms with Gasteiger partial charge in [0.2, 0.25) is 5.91 Å². The summed E-state index contributed by atoms with van der Waals surface area (Å²) < 4.78 is 50.9. The van der Waals surface area contributed by atoms with E-state index in [-0.39, 0.29) is 18.6 Å². The lowest BCUT2D eigenvalue weighted by atomic mass is 10.0. The summed E-state index contributed by atoms with van der Waals surface area (Å²) in [6, 6.07) is 1.21. The van der Waals surface area contributed by atoms with Crippen molar-refractivity contribution in [3.05, 3.63) is 36.0 Å². The number of rotatable bonds is 6. The van der Waals surface area contributed by atoms with Crippen LogP contribution in [0.3, 0.4) is 0 Å². The van der Waals surface area contributed by atoms with Gasteiger partial charge in [0.25, 0.3) is 5.91 Å². The Balaban J connectivity index is 0.00000363. The molecule has 3 heterocycles. The van der Waals surface area contributed by atoms with Gasteiger partial charge in [-0.3, -0.25) is 9.59 Å². The molecule has 3 aromatic heterocycles. The van der Waals surface area contributed by atoms with E-state index in [1.165, 1.54) is 26.1 Å². The first-order valence-electron chi connectivity index (χ1n) is 8.80. The average molecular weight is 441 g/mol. The molecule has 13 heteroatoms. The zero-order valence-corrected chi connectivity index (χ0v) is 16.3. The van der Waals surface area contributed by atoms with Crippen molar-refractivity contribution in [3.8, 4) is 11.4 Å². The maximum absolute atomic E-state index is 13.6. The minimum atomic E-state index is -4.59. The summed E-state index contributed by atoms with van der Waals surface area (Å²) in [5.74, 6) is -2.64. The van der Waals surface area contributed by atoms with Gasteiger partial charge in [-0.25, -0.2) is 19.3 Å². The van der Waals surface area contributed by atoms with Crippen LogP contribution in [0.25, 0.3) is 22.4 Å². The molecule has 0 spiro atoms. The van der Waals surface area contributed by atoms with Crippen LogP contribution in [0.5, 0.6) is 0 Å². The van der Waals surface area contributed by atoms with Crippen molar-refractivity contribution in [2.75, 3.05) is 11.9 Å². The number of pyridine rings is 1. The standard InChI is InChI=1S/C18H17F4N7O2.H2/c1-17(2,16(31)27-7-18(20,21)22)29-15-11(12(23)30)6-26-14(28-15)10-5-25-13-9(10)3-8(19)4-24-13;/h3-6H,7H2,1-2H3,(H2,23,30)(H,24,25)(H,27,31)(H,26,28,29);1H. The summed E-state index contributed by atoms with van der Waals surface area (Å²) >= 11 is 0. The number of nitrogens with one attached hydrogen (secondary N) is 3. The normalized spacial score (nSPS) is 12.1. The van der Waals surface area contributed by atoms with Crippen molar-refractivity contribution in [2.45, 2.75) is 25.6 Å². The molecule has 0 aliphatic rings. The van der Waals surface area contributed by atoms with Gasteiger partial charge in [0, 0.05) is 24.8 Å². The number of amides is 2. The van der Waals surface area contributed by atoms with Crippen molar-refractivity contribution in [1.82, 2.24) is 25.3 Å². The van der Waals surface area contributed by atoms with E-state index >= 15 is 0 Å². The number of carbonyl (C=O) groups excluding carboxylic acids is 2. The fraction of sp³-hybridized carbons (Fsp3) is 0.278. The van der Waals surface area contributed by atoms with E-state index in [0.717, 1.165) is 12.4 Å². The van der Waals surface area contributed by atoms with E-state index in [0.29, 0.717) is 16.6 Å². The highest BCUT2D eigenvalue weighted by Gasteiger charge is 2.34. The summed E-state index contributed by atoms with van der Waals surface area (Å²) in [4.78, 5) is 39.0. The predicted octanol–water partition coefficient (Wildman–Crippen LogP) is 2.37. The van der Waals surface area contributed by atoms with Gasteiger partial charge in [0.15, 0.2) is 5.82 Å². The zero-order valence-electron chi connectivity index (χ0n) is 16.3. The SMILES string of the molecule is CC(C)(Nc1nc(-c2c[nH]c3ncc(F)cc23)ncc1C(N)=O)C(=O)NCC(F)(F)F.[HH]. The maximum Gasteiger partial charge on any atom is 0.405 e. The molecule has 0 atom stereocenters. The van der Waals surface area contributed by atoms with Crippen LogP contribution < -0.4 is 16.4 Å². The molecule has 0 bridgehead atoms. The minimum Gasteiger partial charge on any atom is -0.365 e. The van der Waals surface area contributed by atoms with Crippen LogP contribution in [0.1, 0.15) is 25.6 Å². The summed E-state index contributed by atoms with van der Waals surface area (Å²) in [7, 11) is 0. The second-order valence-corrected chi connectivity index (χ2v) is 7.12. The Morgan fingerprint density at radius 1 is 1.23 bits per heavy atom. The highest BCUT2D eigenvalue weighted by atomic mass is 19.4. The van der Waals surface area contributed by atoms with Crippen molar-refractivity contribution in [2.24, 2.45) is 5.73 Å². The molecule has 5 N–H and O–H groups in total. The molecule has 0 aliphatic heterocycles. The number of primary amides is 1. The van der Waals surface area contributed by atoms with Gasteiger partial charge in [0.1, 0.15) is 29.4 Å². The molecule has 0 aromatic carbocycles. The summed E-state index contributed by atoms with van der Waals surface area (Å²) in [6.45, 7) is 1.08. The van der Waals surface area contributed by atoms with E-state index in [1.807, 2.05) is 0 Å². The molecule has 0 unspecified atom stereocenters. The Hall–Kier alpha value is -3.77. The van der Waals surface area contributed by atoms with Crippen LogP contribution in [0, 0.1) is 5.82 Å². The van der Waals surface area contributed by atoms with Gasteiger partial charge in [0.05, 0.1) is 11.8 Å². The Morgan fingerprint density at radius 3 is 2.58 bits per heavy atom. The fourth-order valence-corrected chi connectivity index (χ4v) is 2.70. The van der Waals surface area contributed by atoms with Crippen LogP contribution in [0.4, 0.5) is 23.4 Å². The molecule has 9 nitrogen and oxygen atoms in total. The molecule has 31 heavy (non-hydrogen) atoms. The number of H-pyrrole nitrogens is 1. The Morgan fingerprint density at radius 2 is 1.94 bits per heavy atom. The van der Waals surface area contributed by atoms with Crippen LogP contribution in [0.15, 0.2) is 24.7 Å². The number of alkyl halides is 3. The number of aromatic nitrogens is 4. The predicted molar refractivity (Wildman–Crippen MR) is 104 cm³/mol. The summed E-state index contributed by atoms with van der Waals surface area (Å²) in [5.41, 5.74) is 4.25. The molecular formula is C18H19F4N7O2. The third-order valence-electron chi connectivity index (χ3n) is 4.24. The highest BCUT2D eigenvalue weighted by Crippen LogP contribution is 2.28. The van der Waals surface area contributed by atoms with Gasteiger partial charge in [-0.1, -0.05) is 0 Å². The highest BCUT2D eigenvalue weighted by molar-refractivity contribution is 5.99. The third-order valence-corrected chi connectivity index (χ3v) is 4.24. The van der Waals surface area contributed by atoms with E-state index in [4.69, 9.17) is 5.73 Å². The number of carbonyl (C=O) groups is 2. The van der Waals surface area contributed by atoms with Gasteiger partial charge >= 0.3 is 6.18 Å². The van der Waals surface area contributed by atoms with E-state index in [2.05, 4.69) is 25.3 Å². The summed E-state index contributed by atoms with van der Waals surface area (Å²) in [6.07, 6.45) is -0.997. The largest absolute Gasteiger partial charge is 0.405 e. The van der Waals surface area contributed by atoms with Gasteiger partial charge < -0.3 is 21.4 Å². The number of anilines is 1. The van der Waals surface area contributed by atoms with Gasteiger partial charge in [-0.2, -0.15) is 13.2 Å². The second kappa shape index (κ2) is 7.81. The monoisotopic (exact) mass is 441 g/mol. The number of nitrogens with two attached hydrogens (primary N) is 1. The lowest BCUT2D eigenvalue weighted by Crippen LogP contribution is -2.50. The van der Waals surface area contributed by atoms with Crippen LogP contribution in [-0.4, -0.2) is 50.0 Å². The average Bonchev–Trinajstić information content (AvgIpc) is 3.07. The van der Waals surface area contributed by atoms with Crippen molar-refractivity contribution in [1.29, 1.82) is 0 Å². The van der Waals surface area contributed by atoms with Crippen molar-refractivity contribution in [3.63, 3.8) is 0 Å². The van der Waals surface area contributed by atoms with Crippen LogP contribution in [-0.2, 0) is 4.79 Å². The van der Waals surface area contributed by atoms with Crippen molar-refractivity contribution < 1.29 is 28.6 Å². The molecule has 2 amide bonds. The Bertz CT molecular complexity index is 1160. The summed E-state index contributed by atoms with van der Waals surface area (Å²) in [5, 5.41) is 4.76. The first kappa shape index (κ1) is 21.9. The first-order chi connectivity index (χ1) is 14.4. The fourth-order valence-electron chi connectivity index (χ4n) is 2.70. The Labute approximate surface area is 174 Å². The van der Waals surface area contributed by atoms with E-state index < -0.39 is 35.9 Å². The molecule has 0 saturated carbocycles. The second-order valence-electron chi connectivity index (χ2n) is 7.12. The molecule has 166 valence electrons. The maximum atomic E-state index is 13.6. The van der Waals surface area contributed by atoms with E-state index in [1.54, 1.807) is 5.32 Å². The number of nitrogens with zero attached hydrogens (tertiary/aromatic N) is 3. The number of aromatic amines is 1. The quantitative estimate of drug-likeness (QED) is 0.433. The molecule has 0 radical (unpaired) electrons. The smallest absolute Gasteiger partial charge is 0.365 e. The molecule has 3 aromatic rings. The number of hydrogen-bond donors (Lipinski definition) is 4. The van der Waals surface area contributed by atoms with Crippen molar-refractivity contribution >= 4 is 28.7 Å². The lowest BCUT2D eigenvalue weighted by molar-refractivity contribution is -0.140. The number of halogens is 4. The van der Waals surface area contributed by atoms with Crippen LogP contribution in [0.2, 0.25) is 0 Å². The van der Waals surface area contributed by atoms with Crippen LogP contribution >= 0.6 is 0 Å². The van der Waals surface area contributed by atoms with Gasteiger partial charge in [-0.15, -0.1) is 0 Å². The van der Waals surface area contributed by atoms with E-state index in [9.17, 15) is 27.2 Å². The Kier molecular flexibility index (Phi) is 5.53. The topological polar surface area (TPSA) is 139 Å². The minimum absolute atomic E-state index is 0. The first-order valence-corrected chi connectivity index (χ1v) is 8.80.